The summed E-state index contributed by atoms with van der Waals surface area (Å²) in [6, 6.07) is 9.22. The van der Waals surface area contributed by atoms with Crippen LogP contribution < -0.4 is 11.1 Å². The first-order valence-electron chi connectivity index (χ1n) is 8.82. The van der Waals surface area contributed by atoms with Crippen LogP contribution in [0.3, 0.4) is 0 Å². The maximum absolute atomic E-state index is 12.8. The highest BCUT2D eigenvalue weighted by molar-refractivity contribution is 5.96. The Morgan fingerprint density at radius 3 is 2.58 bits per heavy atom. The second-order valence-corrected chi connectivity index (χ2v) is 6.93. The lowest BCUT2D eigenvalue weighted by Gasteiger charge is -2.32. The summed E-state index contributed by atoms with van der Waals surface area (Å²) in [6.45, 7) is 5.08. The maximum atomic E-state index is 12.8. The van der Waals surface area contributed by atoms with Gasteiger partial charge in [0.2, 0.25) is 5.91 Å². The Kier molecular flexibility index (Phi) is 5.21. The minimum Gasteiger partial charge on any atom is -0.384 e. The van der Waals surface area contributed by atoms with Gasteiger partial charge in [0.1, 0.15) is 5.82 Å². The van der Waals surface area contributed by atoms with E-state index in [-0.39, 0.29) is 17.7 Å². The third-order valence-electron chi connectivity index (χ3n) is 4.60. The van der Waals surface area contributed by atoms with Crippen LogP contribution in [0.25, 0.3) is 0 Å². The zero-order valence-electron chi connectivity index (χ0n) is 15.2. The first-order chi connectivity index (χ1) is 12.4. The molecule has 6 heteroatoms. The van der Waals surface area contributed by atoms with Gasteiger partial charge in [0.15, 0.2) is 0 Å². The Labute approximate surface area is 153 Å². The quantitative estimate of drug-likeness (QED) is 0.889. The number of nitrogens with one attached hydrogen (secondary N) is 1. The summed E-state index contributed by atoms with van der Waals surface area (Å²) in [5, 5.41) is 2.86. The van der Waals surface area contributed by atoms with Gasteiger partial charge in [-0.25, -0.2) is 4.98 Å². The number of piperidine rings is 1. The molecular formula is C20H24N4O2. The van der Waals surface area contributed by atoms with Crippen molar-refractivity contribution >= 4 is 23.3 Å². The van der Waals surface area contributed by atoms with E-state index in [9.17, 15) is 9.59 Å². The first-order valence-corrected chi connectivity index (χ1v) is 8.82. The summed E-state index contributed by atoms with van der Waals surface area (Å²) in [7, 11) is 0. The summed E-state index contributed by atoms with van der Waals surface area (Å²) in [5.41, 5.74) is 8.99. The number of benzene rings is 1. The van der Waals surface area contributed by atoms with E-state index in [4.69, 9.17) is 5.73 Å². The number of carbonyl (C=O) groups is 2. The lowest BCUT2D eigenvalue weighted by molar-refractivity contribution is -0.121. The number of likely N-dealkylation sites (tertiary alicyclic amines) is 1. The average Bonchev–Trinajstić information content (AvgIpc) is 2.62. The molecule has 0 aliphatic carbocycles. The van der Waals surface area contributed by atoms with Crippen molar-refractivity contribution in [3.8, 4) is 0 Å². The summed E-state index contributed by atoms with van der Waals surface area (Å²) in [6.07, 6.45) is 3.12. The smallest absolute Gasteiger partial charge is 0.253 e. The van der Waals surface area contributed by atoms with Crippen LogP contribution in [0.1, 0.15) is 34.3 Å². The molecule has 1 aliphatic rings. The zero-order valence-corrected chi connectivity index (χ0v) is 15.2. The van der Waals surface area contributed by atoms with E-state index in [1.54, 1.807) is 17.0 Å². The van der Waals surface area contributed by atoms with Crippen LogP contribution in [0.4, 0.5) is 11.5 Å². The van der Waals surface area contributed by atoms with E-state index in [1.165, 1.54) is 6.20 Å². The van der Waals surface area contributed by atoms with Gasteiger partial charge in [0.05, 0.1) is 17.8 Å². The Morgan fingerprint density at radius 2 is 1.92 bits per heavy atom. The monoisotopic (exact) mass is 352 g/mol. The van der Waals surface area contributed by atoms with Gasteiger partial charge in [-0.3, -0.25) is 9.59 Å². The van der Waals surface area contributed by atoms with Gasteiger partial charge >= 0.3 is 0 Å². The Morgan fingerprint density at radius 1 is 1.19 bits per heavy atom. The predicted molar refractivity (Wildman–Crippen MR) is 102 cm³/mol. The fourth-order valence-corrected chi connectivity index (χ4v) is 3.38. The summed E-state index contributed by atoms with van der Waals surface area (Å²) in [5.74, 6) is 0.0833. The maximum Gasteiger partial charge on any atom is 0.253 e. The van der Waals surface area contributed by atoms with Crippen LogP contribution in [-0.2, 0) is 4.79 Å². The largest absolute Gasteiger partial charge is 0.384 e. The average molecular weight is 352 g/mol. The fraction of sp³-hybridized carbons (Fsp3) is 0.350. The molecule has 3 N–H and O–H groups in total. The predicted octanol–water partition coefficient (Wildman–Crippen LogP) is 2.77. The highest BCUT2D eigenvalue weighted by Gasteiger charge is 2.29. The van der Waals surface area contributed by atoms with Crippen LogP contribution in [0.5, 0.6) is 0 Å². The van der Waals surface area contributed by atoms with Gasteiger partial charge in [-0.2, -0.15) is 0 Å². The molecule has 1 aliphatic heterocycles. The second kappa shape index (κ2) is 7.56. The molecule has 1 unspecified atom stereocenters. The first kappa shape index (κ1) is 17.9. The highest BCUT2D eigenvalue weighted by Crippen LogP contribution is 2.21. The van der Waals surface area contributed by atoms with Crippen molar-refractivity contribution in [3.63, 3.8) is 0 Å². The molecule has 136 valence electrons. The number of pyridine rings is 1. The SMILES string of the molecule is Cc1cc(C)cc(C(=O)N2CCCC(C(=O)Nc3ccc(N)nc3)C2)c1. The van der Waals surface area contributed by atoms with Crippen molar-refractivity contribution in [3.05, 3.63) is 53.2 Å². The van der Waals surface area contributed by atoms with E-state index in [1.807, 2.05) is 32.0 Å². The Bertz CT molecular complexity index is 797. The molecule has 2 amide bonds. The Balaban J connectivity index is 1.67. The molecule has 1 atom stereocenters. The van der Waals surface area contributed by atoms with E-state index in [2.05, 4.69) is 10.3 Å². The van der Waals surface area contributed by atoms with Crippen LogP contribution >= 0.6 is 0 Å². The molecule has 2 heterocycles. The van der Waals surface area contributed by atoms with Crippen LogP contribution in [-0.4, -0.2) is 34.8 Å². The summed E-state index contributed by atoms with van der Waals surface area (Å²) >= 11 is 0. The van der Waals surface area contributed by atoms with E-state index >= 15 is 0 Å². The topological polar surface area (TPSA) is 88.3 Å². The number of hydrogen-bond donors (Lipinski definition) is 2. The standard InChI is InChI=1S/C20H24N4O2/c1-13-8-14(2)10-16(9-13)20(26)24-7-3-4-15(12-24)19(25)23-17-5-6-18(21)22-11-17/h5-6,8-11,15H,3-4,7,12H2,1-2H3,(H2,21,22)(H,23,25). The van der Waals surface area contributed by atoms with Crippen molar-refractivity contribution in [1.29, 1.82) is 0 Å². The molecule has 1 fully saturated rings. The third-order valence-corrected chi connectivity index (χ3v) is 4.60. The number of nitrogens with two attached hydrogens (primary N) is 1. The van der Waals surface area contributed by atoms with E-state index in [0.29, 0.717) is 30.2 Å². The molecular weight excluding hydrogens is 328 g/mol. The van der Waals surface area contributed by atoms with Crippen molar-refractivity contribution < 1.29 is 9.59 Å². The lowest BCUT2D eigenvalue weighted by atomic mass is 9.96. The molecule has 2 aromatic rings. The molecule has 1 aromatic heterocycles. The number of rotatable bonds is 3. The minimum atomic E-state index is -0.226. The highest BCUT2D eigenvalue weighted by atomic mass is 16.2. The molecule has 26 heavy (non-hydrogen) atoms. The normalized spacial score (nSPS) is 17.0. The molecule has 3 rings (SSSR count). The van der Waals surface area contributed by atoms with E-state index < -0.39 is 0 Å². The number of aryl methyl sites for hydroxylation is 2. The molecule has 1 aromatic carbocycles. The Hall–Kier alpha value is -2.89. The van der Waals surface area contributed by atoms with Crippen LogP contribution in [0, 0.1) is 19.8 Å². The number of hydrogen-bond acceptors (Lipinski definition) is 4. The number of anilines is 2. The number of nitrogen functional groups attached to an aromatic ring is 1. The molecule has 0 radical (unpaired) electrons. The fourth-order valence-electron chi connectivity index (χ4n) is 3.38. The van der Waals surface area contributed by atoms with Crippen molar-refractivity contribution in [2.45, 2.75) is 26.7 Å². The number of nitrogens with zero attached hydrogens (tertiary/aromatic N) is 2. The van der Waals surface area contributed by atoms with Crippen molar-refractivity contribution in [2.75, 3.05) is 24.1 Å². The van der Waals surface area contributed by atoms with Gasteiger partial charge in [-0.05, 0) is 51.0 Å². The molecule has 6 nitrogen and oxygen atoms in total. The van der Waals surface area contributed by atoms with Gasteiger partial charge in [-0.1, -0.05) is 17.2 Å². The number of carbonyl (C=O) groups excluding carboxylic acids is 2. The van der Waals surface area contributed by atoms with Gasteiger partial charge in [0.25, 0.3) is 5.91 Å². The summed E-state index contributed by atoms with van der Waals surface area (Å²) < 4.78 is 0. The third kappa shape index (κ3) is 4.20. The molecule has 0 bridgehead atoms. The molecule has 0 spiro atoms. The lowest BCUT2D eigenvalue weighted by Crippen LogP contribution is -2.43. The van der Waals surface area contributed by atoms with Crippen molar-refractivity contribution in [2.24, 2.45) is 5.92 Å². The number of amides is 2. The van der Waals surface area contributed by atoms with Crippen LogP contribution in [0.15, 0.2) is 36.5 Å². The summed E-state index contributed by atoms with van der Waals surface area (Å²) in [4.78, 5) is 31.2. The number of aromatic nitrogens is 1. The molecule has 0 saturated carbocycles. The van der Waals surface area contributed by atoms with Gasteiger partial charge in [0, 0.05) is 18.7 Å². The van der Waals surface area contributed by atoms with Crippen LogP contribution in [0.2, 0.25) is 0 Å². The van der Waals surface area contributed by atoms with Gasteiger partial charge < -0.3 is 16.0 Å². The zero-order chi connectivity index (χ0) is 18.7. The second-order valence-electron chi connectivity index (χ2n) is 6.93. The van der Waals surface area contributed by atoms with E-state index in [0.717, 1.165) is 24.0 Å². The van der Waals surface area contributed by atoms with Gasteiger partial charge in [-0.15, -0.1) is 0 Å². The minimum absolute atomic E-state index is 0.0107. The molecule has 1 saturated heterocycles. The van der Waals surface area contributed by atoms with Crippen molar-refractivity contribution in [1.82, 2.24) is 9.88 Å².